The Kier molecular flexibility index (Phi) is 4.59. The van der Waals surface area contributed by atoms with Gasteiger partial charge < -0.3 is 9.84 Å². The van der Waals surface area contributed by atoms with E-state index in [2.05, 4.69) is 0 Å². The highest BCUT2D eigenvalue weighted by Gasteiger charge is 2.57. The van der Waals surface area contributed by atoms with Gasteiger partial charge in [0.2, 0.25) is 10.0 Å². The van der Waals surface area contributed by atoms with E-state index in [4.69, 9.17) is 4.74 Å². The zero-order chi connectivity index (χ0) is 18.2. The molecule has 1 heterocycles. The average molecular weight is 367 g/mol. The number of carbonyl (C=O) groups excluding carboxylic acids is 1. The molecular formula is C17H21NO6S. The maximum Gasteiger partial charge on any atom is 0.338 e. The van der Waals surface area contributed by atoms with E-state index in [-0.39, 0.29) is 36.1 Å². The second-order valence-corrected chi connectivity index (χ2v) is 8.53. The smallest absolute Gasteiger partial charge is 0.338 e. The third-order valence-electron chi connectivity index (χ3n) is 5.27. The number of benzene rings is 1. The molecule has 1 aliphatic heterocycles. The summed E-state index contributed by atoms with van der Waals surface area (Å²) in [6, 6.07) is 5.55. The van der Waals surface area contributed by atoms with Crippen molar-refractivity contribution in [2.24, 2.45) is 11.3 Å². The molecule has 1 N–H and O–H groups in total. The summed E-state index contributed by atoms with van der Waals surface area (Å²) < 4.78 is 31.9. The van der Waals surface area contributed by atoms with E-state index in [1.165, 1.54) is 28.6 Å². The van der Waals surface area contributed by atoms with Crippen LogP contribution >= 0.6 is 0 Å². The van der Waals surface area contributed by atoms with Gasteiger partial charge in [0.1, 0.15) is 0 Å². The maximum atomic E-state index is 12.9. The molecule has 2 fully saturated rings. The minimum absolute atomic E-state index is 0.00889. The van der Waals surface area contributed by atoms with Crippen molar-refractivity contribution in [2.45, 2.75) is 31.1 Å². The number of carboxylic acid groups (broad SMARTS) is 1. The first kappa shape index (κ1) is 17.9. The van der Waals surface area contributed by atoms with Gasteiger partial charge in [0.05, 0.1) is 22.5 Å². The van der Waals surface area contributed by atoms with Gasteiger partial charge in [0, 0.05) is 13.1 Å². The largest absolute Gasteiger partial charge is 0.481 e. The molecule has 2 atom stereocenters. The summed E-state index contributed by atoms with van der Waals surface area (Å²) >= 11 is 0. The van der Waals surface area contributed by atoms with Gasteiger partial charge in [0.25, 0.3) is 0 Å². The van der Waals surface area contributed by atoms with Crippen LogP contribution in [0, 0.1) is 11.3 Å². The highest BCUT2D eigenvalue weighted by Crippen LogP contribution is 2.50. The number of aliphatic carboxylic acids is 1. The summed E-state index contributed by atoms with van der Waals surface area (Å²) in [5.74, 6) is -1.56. The fourth-order valence-electron chi connectivity index (χ4n) is 3.90. The van der Waals surface area contributed by atoms with Crippen LogP contribution < -0.4 is 0 Å². The van der Waals surface area contributed by atoms with Crippen LogP contribution in [-0.2, 0) is 19.6 Å². The Morgan fingerprint density at radius 3 is 2.56 bits per heavy atom. The second kappa shape index (κ2) is 6.42. The van der Waals surface area contributed by atoms with Crippen molar-refractivity contribution in [1.82, 2.24) is 4.31 Å². The minimum atomic E-state index is -3.79. The molecule has 0 unspecified atom stereocenters. The van der Waals surface area contributed by atoms with E-state index in [0.717, 1.165) is 12.8 Å². The summed E-state index contributed by atoms with van der Waals surface area (Å²) in [5, 5.41) is 9.60. The van der Waals surface area contributed by atoms with Crippen molar-refractivity contribution in [1.29, 1.82) is 0 Å². The minimum Gasteiger partial charge on any atom is -0.481 e. The molecule has 25 heavy (non-hydrogen) atoms. The third-order valence-corrected chi connectivity index (χ3v) is 7.09. The number of sulfonamides is 1. The molecule has 0 spiro atoms. The van der Waals surface area contributed by atoms with Gasteiger partial charge >= 0.3 is 11.9 Å². The molecule has 0 amide bonds. The molecule has 0 radical (unpaired) electrons. The van der Waals surface area contributed by atoms with Gasteiger partial charge in [-0.3, -0.25) is 4.79 Å². The molecule has 0 aromatic heterocycles. The number of carbonyl (C=O) groups is 2. The van der Waals surface area contributed by atoms with Gasteiger partial charge in [-0.15, -0.1) is 0 Å². The second-order valence-electron chi connectivity index (χ2n) is 6.59. The highest BCUT2D eigenvalue weighted by atomic mass is 32.2. The Bertz CT molecular complexity index is 788. The zero-order valence-corrected chi connectivity index (χ0v) is 14.8. The van der Waals surface area contributed by atoms with Crippen molar-refractivity contribution in [3.8, 4) is 0 Å². The Hall–Kier alpha value is -1.93. The number of rotatable bonds is 5. The number of hydrogen-bond acceptors (Lipinski definition) is 5. The highest BCUT2D eigenvalue weighted by molar-refractivity contribution is 7.89. The predicted octanol–water partition coefficient (Wildman–Crippen LogP) is 1.74. The third kappa shape index (κ3) is 2.93. The van der Waals surface area contributed by atoms with Crippen LogP contribution in [0.1, 0.15) is 36.5 Å². The lowest BCUT2D eigenvalue weighted by Crippen LogP contribution is -2.37. The maximum absolute atomic E-state index is 12.9. The van der Waals surface area contributed by atoms with Crippen LogP contribution in [0.3, 0.4) is 0 Å². The SMILES string of the molecule is CCOC(=O)c1ccc(S(=O)(=O)N2C[C@@H]3CCC[C@@]3(C(=O)O)C2)cc1. The molecule has 3 rings (SSSR count). The number of ether oxygens (including phenoxy) is 1. The molecule has 1 aromatic rings. The number of carboxylic acids is 1. The summed E-state index contributed by atoms with van der Waals surface area (Å²) in [5.41, 5.74) is -0.682. The number of hydrogen-bond donors (Lipinski definition) is 1. The topological polar surface area (TPSA) is 101 Å². The molecule has 1 saturated carbocycles. The first-order valence-electron chi connectivity index (χ1n) is 8.32. The fourth-order valence-corrected chi connectivity index (χ4v) is 5.46. The summed E-state index contributed by atoms with van der Waals surface area (Å²) in [7, 11) is -3.79. The molecule has 1 aliphatic carbocycles. The van der Waals surface area contributed by atoms with Crippen LogP contribution in [0.4, 0.5) is 0 Å². The van der Waals surface area contributed by atoms with Crippen molar-refractivity contribution in [2.75, 3.05) is 19.7 Å². The number of nitrogens with zero attached hydrogens (tertiary/aromatic N) is 1. The van der Waals surface area contributed by atoms with Crippen molar-refractivity contribution in [3.05, 3.63) is 29.8 Å². The van der Waals surface area contributed by atoms with Crippen molar-refractivity contribution < 1.29 is 27.9 Å². The number of esters is 1. The number of fused-ring (bicyclic) bond motifs is 1. The molecule has 1 aromatic carbocycles. The molecule has 136 valence electrons. The van der Waals surface area contributed by atoms with Gasteiger partial charge in [-0.25, -0.2) is 13.2 Å². The van der Waals surface area contributed by atoms with E-state index >= 15 is 0 Å². The van der Waals surface area contributed by atoms with Gasteiger partial charge in [-0.2, -0.15) is 4.31 Å². The van der Waals surface area contributed by atoms with E-state index in [1.54, 1.807) is 6.92 Å². The molecule has 7 nitrogen and oxygen atoms in total. The van der Waals surface area contributed by atoms with E-state index in [9.17, 15) is 23.1 Å². The standard InChI is InChI=1S/C17H21NO6S/c1-2-24-15(19)12-5-7-14(8-6-12)25(22,23)18-10-13-4-3-9-17(13,11-18)16(20)21/h5-8,13H,2-4,9-11H2,1H3,(H,20,21)/t13-,17+/m0/s1. The first-order chi connectivity index (χ1) is 11.8. The van der Waals surface area contributed by atoms with Gasteiger partial charge in [-0.05, 0) is 49.9 Å². The van der Waals surface area contributed by atoms with Crippen LogP contribution in [0.15, 0.2) is 29.2 Å². The van der Waals surface area contributed by atoms with Crippen LogP contribution in [0.25, 0.3) is 0 Å². The average Bonchev–Trinajstić information content (AvgIpc) is 3.14. The van der Waals surface area contributed by atoms with E-state index in [1.807, 2.05) is 0 Å². The van der Waals surface area contributed by atoms with Crippen LogP contribution in [-0.4, -0.2) is 49.5 Å². The van der Waals surface area contributed by atoms with Gasteiger partial charge in [-0.1, -0.05) is 6.42 Å². The molecular weight excluding hydrogens is 346 g/mol. The summed E-state index contributed by atoms with van der Waals surface area (Å²) in [6.45, 7) is 2.17. The fraction of sp³-hybridized carbons (Fsp3) is 0.529. The molecule has 1 saturated heterocycles. The van der Waals surface area contributed by atoms with E-state index < -0.39 is 27.4 Å². The first-order valence-corrected chi connectivity index (χ1v) is 9.76. The van der Waals surface area contributed by atoms with Crippen LogP contribution in [0.2, 0.25) is 0 Å². The predicted molar refractivity (Wildman–Crippen MR) is 88.6 cm³/mol. The van der Waals surface area contributed by atoms with Crippen molar-refractivity contribution >= 4 is 22.0 Å². The lowest BCUT2D eigenvalue weighted by Gasteiger charge is -2.23. The lowest BCUT2D eigenvalue weighted by molar-refractivity contribution is -0.149. The van der Waals surface area contributed by atoms with Crippen LogP contribution in [0.5, 0.6) is 0 Å². The molecule has 8 heteroatoms. The quantitative estimate of drug-likeness (QED) is 0.796. The Morgan fingerprint density at radius 2 is 2.00 bits per heavy atom. The Morgan fingerprint density at radius 1 is 1.32 bits per heavy atom. The van der Waals surface area contributed by atoms with E-state index in [0.29, 0.717) is 6.42 Å². The zero-order valence-electron chi connectivity index (χ0n) is 14.0. The normalized spacial score (nSPS) is 26.4. The summed E-state index contributed by atoms with van der Waals surface area (Å²) in [4.78, 5) is 23.4. The summed E-state index contributed by atoms with van der Waals surface area (Å²) in [6.07, 6.45) is 2.07. The Labute approximate surface area is 146 Å². The Balaban J connectivity index is 1.83. The lowest BCUT2D eigenvalue weighted by atomic mass is 9.81. The monoisotopic (exact) mass is 367 g/mol. The van der Waals surface area contributed by atoms with Crippen molar-refractivity contribution in [3.63, 3.8) is 0 Å². The van der Waals surface area contributed by atoms with Gasteiger partial charge in [0.15, 0.2) is 0 Å². The molecule has 2 aliphatic rings. The molecule has 0 bridgehead atoms.